The van der Waals surface area contributed by atoms with Gasteiger partial charge in [0.05, 0.1) is 0 Å². The van der Waals surface area contributed by atoms with Crippen LogP contribution >= 0.6 is 0 Å². The van der Waals surface area contributed by atoms with E-state index in [2.05, 4.69) is 35.4 Å². The number of allylic oxidation sites excluding steroid dienone is 6. The maximum Gasteiger partial charge on any atom is 0.128 e. The summed E-state index contributed by atoms with van der Waals surface area (Å²) in [5, 5.41) is 10.8. The van der Waals surface area contributed by atoms with Crippen LogP contribution in [0.4, 0.5) is 0 Å². The van der Waals surface area contributed by atoms with Crippen LogP contribution in [0, 0.1) is 0 Å². The lowest BCUT2D eigenvalue weighted by Crippen LogP contribution is -2.07. The van der Waals surface area contributed by atoms with Crippen LogP contribution in [0.15, 0.2) is 35.5 Å². The maximum absolute atomic E-state index is 10.8. The normalized spacial score (nSPS) is 20.7. The quantitative estimate of drug-likeness (QED) is 0.772. The molecule has 0 fully saturated rings. The third-order valence-electron chi connectivity index (χ3n) is 4.59. The number of hydrogen-bond donors (Lipinski definition) is 2. The lowest BCUT2D eigenvalue weighted by molar-refractivity contribution is 0.499. The van der Waals surface area contributed by atoms with Crippen molar-refractivity contribution in [3.63, 3.8) is 0 Å². The van der Waals surface area contributed by atoms with Crippen LogP contribution in [0.25, 0.3) is 11.8 Å². The Labute approximate surface area is 119 Å². The van der Waals surface area contributed by atoms with E-state index >= 15 is 0 Å². The third-order valence-corrected chi connectivity index (χ3v) is 4.59. The van der Waals surface area contributed by atoms with Gasteiger partial charge in [0, 0.05) is 22.5 Å². The Bertz CT molecular complexity index is 683. The van der Waals surface area contributed by atoms with Crippen LogP contribution in [0.5, 0.6) is 0 Å². The standard InChI is InChI=1S/C18H19NO/c20-18-13(12-6-2-1-3-7-12)10-11-16-17(18)14-8-4-5-9-15(14)19-16/h1-2,4,6,8,19-20H,3,5,7,9-11H2. The fourth-order valence-corrected chi connectivity index (χ4v) is 3.58. The molecule has 4 rings (SSSR count). The third kappa shape index (κ3) is 1.71. The van der Waals surface area contributed by atoms with Crippen molar-refractivity contribution in [3.8, 4) is 0 Å². The zero-order valence-corrected chi connectivity index (χ0v) is 11.6. The number of aliphatic hydroxyl groups excluding tert-OH is 1. The summed E-state index contributed by atoms with van der Waals surface area (Å²) in [5.41, 5.74) is 7.26. The van der Waals surface area contributed by atoms with Crippen LogP contribution in [0.3, 0.4) is 0 Å². The van der Waals surface area contributed by atoms with Crippen molar-refractivity contribution >= 4 is 11.8 Å². The number of H-pyrrole nitrogens is 1. The molecule has 2 N–H and O–H groups in total. The van der Waals surface area contributed by atoms with Crippen LogP contribution in [-0.4, -0.2) is 10.1 Å². The number of hydrogen-bond acceptors (Lipinski definition) is 1. The van der Waals surface area contributed by atoms with Crippen molar-refractivity contribution in [2.45, 2.75) is 38.5 Å². The van der Waals surface area contributed by atoms with Gasteiger partial charge in [-0.2, -0.15) is 0 Å². The minimum absolute atomic E-state index is 0.511. The van der Waals surface area contributed by atoms with Gasteiger partial charge in [-0.25, -0.2) is 0 Å². The van der Waals surface area contributed by atoms with Gasteiger partial charge >= 0.3 is 0 Å². The van der Waals surface area contributed by atoms with E-state index in [4.69, 9.17) is 0 Å². The number of aromatic nitrogens is 1. The van der Waals surface area contributed by atoms with Crippen LogP contribution in [-0.2, 0) is 12.8 Å². The van der Waals surface area contributed by atoms with Crippen LogP contribution in [0.1, 0.15) is 48.2 Å². The second-order valence-electron chi connectivity index (χ2n) is 5.80. The van der Waals surface area contributed by atoms with Crippen molar-refractivity contribution < 1.29 is 5.11 Å². The largest absolute Gasteiger partial charge is 0.507 e. The molecule has 1 heterocycles. The van der Waals surface area contributed by atoms with E-state index in [0.29, 0.717) is 5.76 Å². The Kier molecular flexibility index (Phi) is 2.69. The fraction of sp³-hybridized carbons (Fsp3) is 0.333. The van der Waals surface area contributed by atoms with Gasteiger partial charge < -0.3 is 10.1 Å². The van der Waals surface area contributed by atoms with Crippen LogP contribution < -0.4 is 0 Å². The first-order valence-corrected chi connectivity index (χ1v) is 7.53. The van der Waals surface area contributed by atoms with Crippen LogP contribution in [0.2, 0.25) is 0 Å². The predicted octanol–water partition coefficient (Wildman–Crippen LogP) is 4.47. The molecule has 0 saturated heterocycles. The minimum atomic E-state index is 0.511. The molecule has 0 aliphatic heterocycles. The summed E-state index contributed by atoms with van der Waals surface area (Å²) in [7, 11) is 0. The Balaban J connectivity index is 1.86. The molecular weight excluding hydrogens is 246 g/mol. The molecule has 0 unspecified atom stereocenters. The van der Waals surface area contributed by atoms with Gasteiger partial charge in [0.15, 0.2) is 0 Å². The van der Waals surface area contributed by atoms with Gasteiger partial charge in [-0.1, -0.05) is 30.4 Å². The summed E-state index contributed by atoms with van der Waals surface area (Å²) in [6.45, 7) is 0. The minimum Gasteiger partial charge on any atom is -0.507 e. The summed E-state index contributed by atoms with van der Waals surface area (Å²) in [6, 6.07) is 0. The van der Waals surface area contributed by atoms with Gasteiger partial charge in [-0.15, -0.1) is 0 Å². The first-order chi connectivity index (χ1) is 9.84. The SMILES string of the molecule is OC1=C(C2=CC=CCC2)CCc2[nH]c3c(c21)C=CCC3. The van der Waals surface area contributed by atoms with Crippen molar-refractivity contribution in [1.82, 2.24) is 4.98 Å². The van der Waals surface area contributed by atoms with Gasteiger partial charge in [0.1, 0.15) is 5.76 Å². The highest BCUT2D eigenvalue weighted by atomic mass is 16.3. The molecule has 0 saturated carbocycles. The predicted molar refractivity (Wildman–Crippen MR) is 82.5 cm³/mol. The van der Waals surface area contributed by atoms with Gasteiger partial charge in [-0.3, -0.25) is 0 Å². The molecular formula is C18H19NO. The van der Waals surface area contributed by atoms with E-state index in [0.717, 1.165) is 49.7 Å². The first kappa shape index (κ1) is 11.8. The molecule has 102 valence electrons. The van der Waals surface area contributed by atoms with Crippen molar-refractivity contribution in [1.29, 1.82) is 0 Å². The summed E-state index contributed by atoms with van der Waals surface area (Å²) in [6.07, 6.45) is 17.1. The van der Waals surface area contributed by atoms with Crippen molar-refractivity contribution in [2.24, 2.45) is 0 Å². The van der Waals surface area contributed by atoms with Gasteiger partial charge in [0.2, 0.25) is 0 Å². The Hall–Kier alpha value is -1.96. The van der Waals surface area contributed by atoms with Crippen molar-refractivity contribution in [2.75, 3.05) is 0 Å². The molecule has 2 nitrogen and oxygen atoms in total. The molecule has 2 heteroatoms. The second-order valence-corrected chi connectivity index (χ2v) is 5.80. The highest BCUT2D eigenvalue weighted by Crippen LogP contribution is 2.39. The van der Waals surface area contributed by atoms with Gasteiger partial charge in [-0.05, 0) is 49.7 Å². The lowest BCUT2D eigenvalue weighted by atomic mass is 9.85. The van der Waals surface area contributed by atoms with E-state index in [1.807, 2.05) is 0 Å². The molecule has 0 bridgehead atoms. The summed E-state index contributed by atoms with van der Waals surface area (Å²) >= 11 is 0. The highest BCUT2D eigenvalue weighted by molar-refractivity contribution is 5.79. The number of aliphatic hydroxyl groups is 1. The first-order valence-electron chi connectivity index (χ1n) is 7.53. The molecule has 1 aromatic rings. The molecule has 0 aromatic carbocycles. The number of rotatable bonds is 1. The Morgan fingerprint density at radius 3 is 2.70 bits per heavy atom. The number of aromatic amines is 1. The molecule has 3 aliphatic rings. The molecule has 20 heavy (non-hydrogen) atoms. The molecule has 1 aromatic heterocycles. The molecule has 3 aliphatic carbocycles. The average Bonchev–Trinajstić information content (AvgIpc) is 2.88. The maximum atomic E-state index is 10.8. The molecule has 0 amide bonds. The topological polar surface area (TPSA) is 36.0 Å². The second kappa shape index (κ2) is 4.55. The zero-order valence-electron chi connectivity index (χ0n) is 11.6. The van der Waals surface area contributed by atoms with Crippen molar-refractivity contribution in [3.05, 3.63) is 58.0 Å². The van der Waals surface area contributed by atoms with E-state index in [9.17, 15) is 5.11 Å². The number of nitrogens with one attached hydrogen (secondary N) is 1. The summed E-state index contributed by atoms with van der Waals surface area (Å²) < 4.78 is 0. The monoisotopic (exact) mass is 265 g/mol. The molecule has 0 spiro atoms. The Morgan fingerprint density at radius 2 is 1.85 bits per heavy atom. The summed E-state index contributed by atoms with van der Waals surface area (Å²) in [4.78, 5) is 3.53. The van der Waals surface area contributed by atoms with Gasteiger partial charge in [0.25, 0.3) is 0 Å². The van der Waals surface area contributed by atoms with E-state index in [-0.39, 0.29) is 0 Å². The van der Waals surface area contributed by atoms with E-state index < -0.39 is 0 Å². The fourth-order valence-electron chi connectivity index (χ4n) is 3.58. The summed E-state index contributed by atoms with van der Waals surface area (Å²) in [5.74, 6) is 0.511. The van der Waals surface area contributed by atoms with E-state index in [1.165, 1.54) is 22.5 Å². The average molecular weight is 265 g/mol. The highest BCUT2D eigenvalue weighted by Gasteiger charge is 2.27. The number of aryl methyl sites for hydroxylation is 2. The number of fused-ring (bicyclic) bond motifs is 3. The zero-order chi connectivity index (χ0) is 13.5. The Morgan fingerprint density at radius 1 is 0.950 bits per heavy atom. The smallest absolute Gasteiger partial charge is 0.128 e. The molecule has 0 atom stereocenters. The van der Waals surface area contributed by atoms with E-state index in [1.54, 1.807) is 0 Å². The lowest BCUT2D eigenvalue weighted by Gasteiger charge is -2.21. The molecule has 0 radical (unpaired) electrons.